The van der Waals surface area contributed by atoms with Gasteiger partial charge in [0.2, 0.25) is 5.75 Å². The lowest BCUT2D eigenvalue weighted by atomic mass is 10.1. The molecule has 1 saturated heterocycles. The number of nitrogens with zero attached hydrogens (tertiary/aromatic N) is 3. The van der Waals surface area contributed by atoms with Crippen LogP contribution in [0, 0.1) is 20.2 Å². The van der Waals surface area contributed by atoms with Gasteiger partial charge in [-0.05, 0) is 48.0 Å². The zero-order chi connectivity index (χ0) is 26.9. The minimum Gasteiger partial charge on any atom is -0.450 e. The van der Waals surface area contributed by atoms with Crippen molar-refractivity contribution in [3.63, 3.8) is 0 Å². The summed E-state index contributed by atoms with van der Waals surface area (Å²) in [6.07, 6.45) is -3.14. The van der Waals surface area contributed by atoms with Crippen LogP contribution in [0.1, 0.15) is 11.1 Å². The lowest BCUT2D eigenvalue weighted by Gasteiger charge is -2.16. The Kier molecular flexibility index (Phi) is 6.96. The van der Waals surface area contributed by atoms with E-state index in [9.17, 15) is 38.2 Å². The minimum atomic E-state index is -4.59. The molecule has 0 aromatic heterocycles. The Morgan fingerprint density at radius 3 is 2.38 bits per heavy atom. The van der Waals surface area contributed by atoms with Gasteiger partial charge in [0.15, 0.2) is 4.32 Å². The van der Waals surface area contributed by atoms with Crippen molar-refractivity contribution < 1.29 is 32.5 Å². The van der Waals surface area contributed by atoms with E-state index in [1.54, 1.807) is 12.1 Å². The quantitative estimate of drug-likeness (QED) is 0.145. The molecule has 3 aromatic carbocycles. The highest BCUT2D eigenvalue weighted by Gasteiger charge is 2.36. The van der Waals surface area contributed by atoms with Crippen molar-refractivity contribution in [2.24, 2.45) is 0 Å². The van der Waals surface area contributed by atoms with Crippen LogP contribution < -0.4 is 9.64 Å². The van der Waals surface area contributed by atoms with E-state index in [-0.39, 0.29) is 26.4 Å². The van der Waals surface area contributed by atoms with E-state index in [4.69, 9.17) is 17.0 Å². The molecular formula is C23H12F3N3O6S2. The topological polar surface area (TPSA) is 116 Å². The molecule has 0 spiro atoms. The molecule has 14 heteroatoms. The zero-order valence-electron chi connectivity index (χ0n) is 18.2. The summed E-state index contributed by atoms with van der Waals surface area (Å²) in [6.45, 7) is 0. The van der Waals surface area contributed by atoms with Crippen LogP contribution in [0.25, 0.3) is 6.08 Å². The predicted molar refractivity (Wildman–Crippen MR) is 133 cm³/mol. The van der Waals surface area contributed by atoms with Crippen molar-refractivity contribution in [1.29, 1.82) is 0 Å². The van der Waals surface area contributed by atoms with Crippen molar-refractivity contribution in [1.82, 2.24) is 0 Å². The molecule has 0 N–H and O–H groups in total. The van der Waals surface area contributed by atoms with E-state index in [2.05, 4.69) is 0 Å². The van der Waals surface area contributed by atoms with Gasteiger partial charge in [0.25, 0.3) is 11.6 Å². The number of nitro groups is 2. The number of nitro benzene ring substituents is 2. The molecule has 1 aliphatic rings. The van der Waals surface area contributed by atoms with Crippen LogP contribution in [0.15, 0.2) is 71.6 Å². The van der Waals surface area contributed by atoms with E-state index in [0.717, 1.165) is 47.0 Å². The maximum absolute atomic E-state index is 13.1. The number of amides is 1. The number of thioether (sulfide) groups is 1. The summed E-state index contributed by atoms with van der Waals surface area (Å²) in [6, 6.07) is 13.3. The second-order valence-corrected chi connectivity index (χ2v) is 9.08. The van der Waals surface area contributed by atoms with E-state index in [1.165, 1.54) is 30.3 Å². The second kappa shape index (κ2) is 9.99. The van der Waals surface area contributed by atoms with E-state index in [0.29, 0.717) is 5.56 Å². The van der Waals surface area contributed by atoms with Gasteiger partial charge < -0.3 is 4.74 Å². The molecule has 0 unspecified atom stereocenters. The summed E-state index contributed by atoms with van der Waals surface area (Å²) in [5, 5.41) is 22.3. The first-order valence-corrected chi connectivity index (χ1v) is 11.3. The van der Waals surface area contributed by atoms with Gasteiger partial charge in [0.05, 0.1) is 32.1 Å². The van der Waals surface area contributed by atoms with Crippen molar-refractivity contribution in [3.05, 3.63) is 103 Å². The molecule has 188 valence electrons. The van der Waals surface area contributed by atoms with Gasteiger partial charge in [-0.25, -0.2) is 0 Å². The molecule has 1 aliphatic heterocycles. The van der Waals surface area contributed by atoms with Crippen molar-refractivity contribution >= 4 is 57.3 Å². The Bertz CT molecular complexity index is 1490. The predicted octanol–water partition coefficient (Wildman–Crippen LogP) is 6.72. The van der Waals surface area contributed by atoms with Crippen molar-refractivity contribution in [2.75, 3.05) is 4.90 Å². The van der Waals surface area contributed by atoms with Crippen LogP contribution in [0.5, 0.6) is 11.5 Å². The number of non-ortho nitro benzene ring substituents is 1. The van der Waals surface area contributed by atoms with Crippen LogP contribution >= 0.6 is 24.0 Å². The molecule has 1 fully saturated rings. The average Bonchev–Trinajstić information content (AvgIpc) is 3.11. The Labute approximate surface area is 215 Å². The fourth-order valence-electron chi connectivity index (χ4n) is 3.31. The SMILES string of the molecule is O=C1/C(=C\c2cccc(Oc3ccc([N+](=O)[O-])cc3[N+](=O)[O-])c2)SC(=S)N1c1cccc(C(F)(F)F)c1. The van der Waals surface area contributed by atoms with E-state index in [1.807, 2.05) is 0 Å². The molecule has 1 amide bonds. The lowest BCUT2D eigenvalue weighted by molar-refractivity contribution is -0.394. The molecule has 3 aromatic rings. The molecule has 0 saturated carbocycles. The second-order valence-electron chi connectivity index (χ2n) is 7.41. The molecular weight excluding hydrogens is 535 g/mol. The van der Waals surface area contributed by atoms with Crippen LogP contribution in [0.3, 0.4) is 0 Å². The average molecular weight is 547 g/mol. The van der Waals surface area contributed by atoms with Crippen LogP contribution in [0.2, 0.25) is 0 Å². The molecule has 0 bridgehead atoms. The molecule has 0 atom stereocenters. The molecule has 0 aliphatic carbocycles. The number of ether oxygens (including phenoxy) is 1. The smallest absolute Gasteiger partial charge is 0.416 e. The van der Waals surface area contributed by atoms with Gasteiger partial charge in [-0.3, -0.25) is 29.9 Å². The summed E-state index contributed by atoms with van der Waals surface area (Å²) < 4.78 is 44.9. The number of carbonyl (C=O) groups excluding carboxylic acids is 1. The fraction of sp³-hybridized carbons (Fsp3) is 0.0435. The van der Waals surface area contributed by atoms with E-state index >= 15 is 0 Å². The first-order valence-electron chi connectivity index (χ1n) is 10.1. The number of anilines is 1. The molecule has 37 heavy (non-hydrogen) atoms. The number of benzene rings is 3. The summed E-state index contributed by atoms with van der Waals surface area (Å²) in [7, 11) is 0. The lowest BCUT2D eigenvalue weighted by Crippen LogP contribution is -2.27. The fourth-order valence-corrected chi connectivity index (χ4v) is 4.61. The first kappa shape index (κ1) is 25.8. The Balaban J connectivity index is 1.60. The number of thiocarbonyl (C=S) groups is 1. The van der Waals surface area contributed by atoms with Crippen molar-refractivity contribution in [3.8, 4) is 11.5 Å². The Morgan fingerprint density at radius 2 is 1.70 bits per heavy atom. The minimum absolute atomic E-state index is 0.0247. The third-order valence-electron chi connectivity index (χ3n) is 4.96. The summed E-state index contributed by atoms with van der Waals surface area (Å²) in [5.41, 5.74) is -1.60. The van der Waals surface area contributed by atoms with Gasteiger partial charge in [-0.2, -0.15) is 13.2 Å². The Morgan fingerprint density at radius 1 is 0.973 bits per heavy atom. The van der Waals surface area contributed by atoms with Crippen LogP contribution in [-0.2, 0) is 11.0 Å². The first-order chi connectivity index (χ1) is 17.4. The van der Waals surface area contributed by atoms with Gasteiger partial charge in [0, 0.05) is 6.07 Å². The number of hydrogen-bond donors (Lipinski definition) is 0. The van der Waals surface area contributed by atoms with Gasteiger partial charge >= 0.3 is 11.9 Å². The van der Waals surface area contributed by atoms with Crippen LogP contribution in [0.4, 0.5) is 30.2 Å². The largest absolute Gasteiger partial charge is 0.450 e. The standard InChI is InChI=1S/C23H12F3N3O6S2/c24-23(25,26)14-4-2-5-15(11-14)27-21(30)20(37-22(27)36)10-13-3-1-6-17(9-13)35-19-8-7-16(28(31)32)12-18(19)29(33)34/h1-12H/b20-10+. The number of halogens is 3. The van der Waals surface area contributed by atoms with Gasteiger partial charge in [-0.15, -0.1) is 0 Å². The van der Waals surface area contributed by atoms with Crippen LogP contribution in [-0.4, -0.2) is 20.1 Å². The maximum atomic E-state index is 13.1. The number of alkyl halides is 3. The highest BCUT2D eigenvalue weighted by molar-refractivity contribution is 8.27. The van der Waals surface area contributed by atoms with E-state index < -0.39 is 38.9 Å². The number of hydrogen-bond acceptors (Lipinski definition) is 8. The third kappa shape index (κ3) is 5.59. The monoisotopic (exact) mass is 547 g/mol. The summed E-state index contributed by atoms with van der Waals surface area (Å²) in [4.78, 5) is 34.8. The normalized spacial score (nSPS) is 14.8. The number of rotatable bonds is 6. The highest BCUT2D eigenvalue weighted by atomic mass is 32.2. The summed E-state index contributed by atoms with van der Waals surface area (Å²) >= 11 is 6.12. The third-order valence-corrected chi connectivity index (χ3v) is 6.26. The summed E-state index contributed by atoms with van der Waals surface area (Å²) in [5.74, 6) is -0.714. The molecule has 1 heterocycles. The molecule has 4 rings (SSSR count). The van der Waals surface area contributed by atoms with Crippen molar-refractivity contribution in [2.45, 2.75) is 6.18 Å². The highest BCUT2D eigenvalue weighted by Crippen LogP contribution is 2.39. The maximum Gasteiger partial charge on any atom is 0.416 e. The van der Waals surface area contributed by atoms with Gasteiger partial charge in [-0.1, -0.05) is 42.2 Å². The Hall–Kier alpha value is -4.30. The molecule has 0 radical (unpaired) electrons. The van der Waals surface area contributed by atoms with Gasteiger partial charge in [0.1, 0.15) is 5.75 Å². The molecule has 9 nitrogen and oxygen atoms in total. The zero-order valence-corrected chi connectivity index (χ0v) is 19.8. The number of carbonyl (C=O) groups is 1.